The molecule has 0 saturated carbocycles. The Morgan fingerprint density at radius 1 is 1.53 bits per heavy atom. The van der Waals surface area contributed by atoms with E-state index in [-0.39, 0.29) is 11.5 Å². The number of amidine groups is 1. The summed E-state index contributed by atoms with van der Waals surface area (Å²) in [6.45, 7) is 0. The normalized spacial score (nSPS) is 11.1. The van der Waals surface area contributed by atoms with Crippen LogP contribution in [0, 0.1) is 5.41 Å². The first-order chi connectivity index (χ1) is 7.09. The minimum absolute atomic E-state index is 0.165. The zero-order valence-corrected chi connectivity index (χ0v) is 7.59. The molecule has 0 atom stereocenters. The molecule has 0 unspecified atom stereocenters. The molecule has 0 aromatic carbocycles. The van der Waals surface area contributed by atoms with Gasteiger partial charge < -0.3 is 10.7 Å². The van der Waals surface area contributed by atoms with Crippen LogP contribution in [0.4, 0.5) is 8.78 Å². The molecule has 0 amide bonds. The third kappa shape index (κ3) is 1.54. The molecule has 2 aromatic heterocycles. The summed E-state index contributed by atoms with van der Waals surface area (Å²) in [7, 11) is 0. The number of nitrogens with zero attached hydrogens (tertiary/aromatic N) is 1. The first-order valence-corrected chi connectivity index (χ1v) is 4.19. The Morgan fingerprint density at radius 3 is 2.87 bits per heavy atom. The second-order valence-corrected chi connectivity index (χ2v) is 3.06. The minimum Gasteiger partial charge on any atom is -0.384 e. The van der Waals surface area contributed by atoms with Crippen LogP contribution in [0.3, 0.4) is 0 Å². The fourth-order valence-corrected chi connectivity index (χ4v) is 1.40. The van der Waals surface area contributed by atoms with E-state index in [2.05, 4.69) is 9.97 Å². The number of halogens is 2. The SMILES string of the molecule is N=C(N)c1ccnc2[nH]c(C(F)F)cc12. The molecule has 2 rings (SSSR count). The number of nitrogen functional groups attached to an aromatic ring is 1. The third-order valence-corrected chi connectivity index (χ3v) is 2.08. The summed E-state index contributed by atoms with van der Waals surface area (Å²) in [5.74, 6) is -0.165. The lowest BCUT2D eigenvalue weighted by Gasteiger charge is -1.97. The van der Waals surface area contributed by atoms with Gasteiger partial charge in [-0.05, 0) is 12.1 Å². The van der Waals surface area contributed by atoms with E-state index in [0.717, 1.165) is 0 Å². The molecule has 78 valence electrons. The predicted molar refractivity (Wildman–Crippen MR) is 52.1 cm³/mol. The van der Waals surface area contributed by atoms with Crippen molar-refractivity contribution in [1.82, 2.24) is 9.97 Å². The summed E-state index contributed by atoms with van der Waals surface area (Å²) in [4.78, 5) is 6.36. The fourth-order valence-electron chi connectivity index (χ4n) is 1.40. The number of nitrogens with two attached hydrogens (primary N) is 1. The zero-order valence-electron chi connectivity index (χ0n) is 7.59. The molecule has 0 radical (unpaired) electrons. The van der Waals surface area contributed by atoms with Crippen molar-refractivity contribution in [1.29, 1.82) is 5.41 Å². The Kier molecular flexibility index (Phi) is 2.11. The summed E-state index contributed by atoms with van der Waals surface area (Å²) < 4.78 is 24.8. The van der Waals surface area contributed by atoms with E-state index >= 15 is 0 Å². The van der Waals surface area contributed by atoms with Crippen molar-refractivity contribution >= 4 is 16.9 Å². The van der Waals surface area contributed by atoms with Gasteiger partial charge >= 0.3 is 0 Å². The average molecular weight is 210 g/mol. The number of aromatic nitrogens is 2. The maximum Gasteiger partial charge on any atom is 0.278 e. The van der Waals surface area contributed by atoms with E-state index in [4.69, 9.17) is 11.1 Å². The smallest absolute Gasteiger partial charge is 0.278 e. The summed E-state index contributed by atoms with van der Waals surface area (Å²) in [6, 6.07) is 2.79. The van der Waals surface area contributed by atoms with Crippen LogP contribution in [0.15, 0.2) is 18.3 Å². The van der Waals surface area contributed by atoms with Gasteiger partial charge in [0.05, 0.1) is 5.69 Å². The van der Waals surface area contributed by atoms with Crippen molar-refractivity contribution in [3.05, 3.63) is 29.6 Å². The van der Waals surface area contributed by atoms with Crippen molar-refractivity contribution in [2.45, 2.75) is 6.43 Å². The number of aromatic amines is 1. The quantitative estimate of drug-likeness (QED) is 0.521. The molecule has 0 aliphatic carbocycles. The number of fused-ring (bicyclic) bond motifs is 1. The van der Waals surface area contributed by atoms with E-state index < -0.39 is 6.43 Å². The highest BCUT2D eigenvalue weighted by Gasteiger charge is 2.13. The van der Waals surface area contributed by atoms with Crippen molar-refractivity contribution in [2.24, 2.45) is 5.73 Å². The molecule has 0 fully saturated rings. The lowest BCUT2D eigenvalue weighted by molar-refractivity contribution is 0.147. The average Bonchev–Trinajstić information content (AvgIpc) is 2.60. The third-order valence-electron chi connectivity index (χ3n) is 2.08. The number of hydrogen-bond acceptors (Lipinski definition) is 2. The van der Waals surface area contributed by atoms with E-state index in [0.29, 0.717) is 16.6 Å². The second-order valence-electron chi connectivity index (χ2n) is 3.06. The highest BCUT2D eigenvalue weighted by molar-refractivity contribution is 6.06. The molecule has 0 aliphatic rings. The molecule has 2 aromatic rings. The fraction of sp³-hybridized carbons (Fsp3) is 0.111. The van der Waals surface area contributed by atoms with Crippen molar-refractivity contribution in [2.75, 3.05) is 0 Å². The minimum atomic E-state index is -2.58. The summed E-state index contributed by atoms with van der Waals surface area (Å²) in [5, 5.41) is 7.73. The molecule has 15 heavy (non-hydrogen) atoms. The van der Waals surface area contributed by atoms with Crippen LogP contribution in [0.25, 0.3) is 11.0 Å². The molecular formula is C9H8F2N4. The maximum atomic E-state index is 12.4. The molecule has 4 nitrogen and oxygen atoms in total. The van der Waals surface area contributed by atoms with Crippen molar-refractivity contribution < 1.29 is 8.78 Å². The van der Waals surface area contributed by atoms with Gasteiger partial charge in [0, 0.05) is 17.1 Å². The van der Waals surface area contributed by atoms with Crippen LogP contribution in [0.5, 0.6) is 0 Å². The van der Waals surface area contributed by atoms with Crippen molar-refractivity contribution in [3.8, 4) is 0 Å². The predicted octanol–water partition coefficient (Wildman–Crippen LogP) is 1.78. The number of H-pyrrole nitrogens is 1. The molecular weight excluding hydrogens is 202 g/mol. The topological polar surface area (TPSA) is 78.6 Å². The highest BCUT2D eigenvalue weighted by Crippen LogP contribution is 2.24. The van der Waals surface area contributed by atoms with Gasteiger partial charge in [0.15, 0.2) is 0 Å². The van der Waals surface area contributed by atoms with Crippen LogP contribution in [0.2, 0.25) is 0 Å². The molecule has 6 heteroatoms. The lowest BCUT2D eigenvalue weighted by Crippen LogP contribution is -2.11. The van der Waals surface area contributed by atoms with Gasteiger partial charge in [0.2, 0.25) is 0 Å². The Balaban J connectivity index is 2.70. The Labute approximate surface area is 83.6 Å². The lowest BCUT2D eigenvalue weighted by atomic mass is 10.1. The summed E-state index contributed by atoms with van der Waals surface area (Å²) in [5.41, 5.74) is 5.83. The Morgan fingerprint density at radius 2 is 2.27 bits per heavy atom. The van der Waals surface area contributed by atoms with Crippen LogP contribution < -0.4 is 5.73 Å². The standard InChI is InChI=1S/C9H8F2N4/c10-7(11)6-3-5-4(8(12)13)1-2-14-9(5)15-6/h1-3,7H,(H3,12,13)(H,14,15). The number of alkyl halides is 2. The maximum absolute atomic E-state index is 12.4. The molecule has 0 aliphatic heterocycles. The summed E-state index contributed by atoms with van der Waals surface area (Å²) in [6.07, 6.45) is -1.16. The van der Waals surface area contributed by atoms with Crippen LogP contribution in [0.1, 0.15) is 17.7 Å². The van der Waals surface area contributed by atoms with E-state index in [1.165, 1.54) is 18.3 Å². The molecule has 0 spiro atoms. The summed E-state index contributed by atoms with van der Waals surface area (Å²) >= 11 is 0. The van der Waals surface area contributed by atoms with Gasteiger partial charge in [-0.15, -0.1) is 0 Å². The van der Waals surface area contributed by atoms with Gasteiger partial charge in [-0.2, -0.15) is 0 Å². The largest absolute Gasteiger partial charge is 0.384 e. The number of hydrogen-bond donors (Lipinski definition) is 3. The zero-order chi connectivity index (χ0) is 11.0. The number of pyridine rings is 1. The Hall–Kier alpha value is -1.98. The molecule has 0 saturated heterocycles. The number of nitrogens with one attached hydrogen (secondary N) is 2. The van der Waals surface area contributed by atoms with Crippen LogP contribution in [-0.4, -0.2) is 15.8 Å². The second kappa shape index (κ2) is 3.30. The van der Waals surface area contributed by atoms with Gasteiger partial charge in [0.1, 0.15) is 11.5 Å². The first kappa shape index (κ1) is 9.57. The van der Waals surface area contributed by atoms with Crippen LogP contribution >= 0.6 is 0 Å². The van der Waals surface area contributed by atoms with Crippen molar-refractivity contribution in [3.63, 3.8) is 0 Å². The van der Waals surface area contributed by atoms with E-state index in [1.807, 2.05) is 0 Å². The highest BCUT2D eigenvalue weighted by atomic mass is 19.3. The molecule has 2 heterocycles. The van der Waals surface area contributed by atoms with E-state index in [1.54, 1.807) is 0 Å². The number of rotatable bonds is 2. The monoisotopic (exact) mass is 210 g/mol. The van der Waals surface area contributed by atoms with Gasteiger partial charge in [-0.25, -0.2) is 13.8 Å². The van der Waals surface area contributed by atoms with Gasteiger partial charge in [-0.1, -0.05) is 0 Å². The van der Waals surface area contributed by atoms with E-state index in [9.17, 15) is 8.78 Å². The Bertz CT molecular complexity index is 518. The van der Waals surface area contributed by atoms with Crippen LogP contribution in [-0.2, 0) is 0 Å². The first-order valence-electron chi connectivity index (χ1n) is 4.19. The van der Waals surface area contributed by atoms with Gasteiger partial charge in [0.25, 0.3) is 6.43 Å². The molecule has 0 bridgehead atoms. The van der Waals surface area contributed by atoms with Gasteiger partial charge in [-0.3, -0.25) is 5.41 Å². The molecule has 4 N–H and O–H groups in total.